The van der Waals surface area contributed by atoms with E-state index in [9.17, 15) is 30.3 Å². The molecule has 1 aliphatic rings. The highest BCUT2D eigenvalue weighted by atomic mass is 16.7. The third kappa shape index (κ3) is 33.7. The first-order valence-corrected chi connectivity index (χ1v) is 25.6. The van der Waals surface area contributed by atoms with Gasteiger partial charge >= 0.3 is 0 Å². The molecule has 1 fully saturated rings. The summed E-state index contributed by atoms with van der Waals surface area (Å²) in [5.41, 5.74) is 0. The molecule has 63 heavy (non-hydrogen) atoms. The number of hydrogen-bond acceptors (Lipinski definition) is 8. The van der Waals surface area contributed by atoms with Gasteiger partial charge in [-0.15, -0.1) is 0 Å². The average molecular weight is 886 g/mol. The monoisotopic (exact) mass is 886 g/mol. The largest absolute Gasteiger partial charge is 0.394 e. The number of rotatable bonds is 42. The standard InChI is InChI=1S/C54H95NO8/c1-3-5-7-9-11-13-14-15-16-17-18-19-20-21-22-23-24-25-26-27-28-29-30-31-32-33-34-36-38-40-42-44-50(58)55-47(48(57)43-41-39-37-35-12-10-8-6-4-2)46-62-54-53(61)52(60)51(59)49(45-56)63-54/h4,6,12,14-15,17-18,20-21,35,41,43,47-49,51-54,56-57,59-61H,3,5,7-11,13,16,19,22-34,36-40,42,44-46H2,1-2H3,(H,55,58)/b6-4+,15-14-,18-17-,21-20-,35-12+,43-41+. The number of nitrogens with one attached hydrogen (secondary N) is 1. The first-order valence-electron chi connectivity index (χ1n) is 25.6. The Labute approximate surface area is 385 Å². The topological polar surface area (TPSA) is 149 Å². The van der Waals surface area contributed by atoms with Crippen molar-refractivity contribution in [3.8, 4) is 0 Å². The summed E-state index contributed by atoms with van der Waals surface area (Å²) in [6.45, 7) is 3.50. The van der Waals surface area contributed by atoms with Gasteiger partial charge in [-0.3, -0.25) is 4.79 Å². The number of carbonyl (C=O) groups is 1. The summed E-state index contributed by atoms with van der Waals surface area (Å²) in [4.78, 5) is 12.9. The molecule has 1 amide bonds. The van der Waals surface area contributed by atoms with Crippen LogP contribution in [-0.2, 0) is 14.3 Å². The van der Waals surface area contributed by atoms with Crippen LogP contribution in [0.3, 0.4) is 0 Å². The van der Waals surface area contributed by atoms with Crippen LogP contribution in [0.4, 0.5) is 0 Å². The zero-order chi connectivity index (χ0) is 45.9. The Balaban J connectivity index is 2.13. The van der Waals surface area contributed by atoms with E-state index < -0.39 is 49.5 Å². The van der Waals surface area contributed by atoms with Crippen LogP contribution in [0.2, 0.25) is 0 Å². The second kappa shape index (κ2) is 43.5. The van der Waals surface area contributed by atoms with Crippen molar-refractivity contribution in [2.45, 2.75) is 249 Å². The molecular weight excluding hydrogens is 791 g/mol. The fourth-order valence-electron chi connectivity index (χ4n) is 7.73. The first kappa shape index (κ1) is 58.6. The van der Waals surface area contributed by atoms with Crippen molar-refractivity contribution < 1.29 is 39.8 Å². The van der Waals surface area contributed by atoms with Crippen LogP contribution in [0.15, 0.2) is 72.9 Å². The molecule has 364 valence electrons. The van der Waals surface area contributed by atoms with Gasteiger partial charge in [-0.25, -0.2) is 0 Å². The normalized spacial score (nSPS) is 20.8. The van der Waals surface area contributed by atoms with E-state index in [1.165, 1.54) is 128 Å². The van der Waals surface area contributed by atoms with Gasteiger partial charge in [0.25, 0.3) is 0 Å². The van der Waals surface area contributed by atoms with E-state index in [0.717, 1.165) is 57.8 Å². The zero-order valence-corrected chi connectivity index (χ0v) is 40.1. The Hall–Kier alpha value is -2.37. The molecule has 0 spiro atoms. The molecule has 9 nitrogen and oxygen atoms in total. The second-order valence-corrected chi connectivity index (χ2v) is 17.6. The van der Waals surface area contributed by atoms with E-state index in [1.807, 2.05) is 19.1 Å². The number of allylic oxidation sites excluding steroid dienone is 11. The van der Waals surface area contributed by atoms with Gasteiger partial charge in [0.2, 0.25) is 5.91 Å². The summed E-state index contributed by atoms with van der Waals surface area (Å²) < 4.78 is 11.2. The lowest BCUT2D eigenvalue weighted by atomic mass is 9.99. The molecule has 0 bridgehead atoms. The molecular formula is C54H95NO8. The Morgan fingerprint density at radius 3 is 1.52 bits per heavy atom. The van der Waals surface area contributed by atoms with E-state index in [1.54, 1.807) is 6.08 Å². The molecule has 6 N–H and O–H groups in total. The number of aliphatic hydroxyl groups excluding tert-OH is 5. The zero-order valence-electron chi connectivity index (χ0n) is 40.1. The Bertz CT molecular complexity index is 1210. The molecule has 0 aromatic carbocycles. The number of ether oxygens (including phenoxy) is 2. The van der Waals surface area contributed by atoms with Crippen LogP contribution in [0.5, 0.6) is 0 Å². The minimum atomic E-state index is -1.57. The number of carbonyl (C=O) groups excluding carboxylic acids is 1. The van der Waals surface area contributed by atoms with Gasteiger partial charge in [0.1, 0.15) is 24.4 Å². The van der Waals surface area contributed by atoms with Crippen molar-refractivity contribution in [3.63, 3.8) is 0 Å². The van der Waals surface area contributed by atoms with Crippen LogP contribution in [0.25, 0.3) is 0 Å². The predicted octanol–water partition coefficient (Wildman–Crippen LogP) is 11.7. The molecule has 1 aliphatic heterocycles. The van der Waals surface area contributed by atoms with Gasteiger partial charge in [0, 0.05) is 6.42 Å². The maximum Gasteiger partial charge on any atom is 0.220 e. The molecule has 7 unspecified atom stereocenters. The highest BCUT2D eigenvalue weighted by Gasteiger charge is 2.44. The van der Waals surface area contributed by atoms with Crippen molar-refractivity contribution in [1.82, 2.24) is 5.32 Å². The van der Waals surface area contributed by atoms with Crippen LogP contribution in [-0.4, -0.2) is 87.5 Å². The summed E-state index contributed by atoms with van der Waals surface area (Å²) in [6, 6.07) is -0.828. The van der Waals surface area contributed by atoms with Crippen LogP contribution >= 0.6 is 0 Å². The summed E-state index contributed by atoms with van der Waals surface area (Å²) in [5, 5.41) is 54.0. The fraction of sp³-hybridized carbons (Fsp3) is 0.759. The third-order valence-electron chi connectivity index (χ3n) is 11.8. The van der Waals surface area contributed by atoms with Crippen molar-refractivity contribution in [1.29, 1.82) is 0 Å². The van der Waals surface area contributed by atoms with Crippen molar-refractivity contribution in [3.05, 3.63) is 72.9 Å². The van der Waals surface area contributed by atoms with Crippen LogP contribution in [0, 0.1) is 0 Å². The maximum atomic E-state index is 12.9. The Morgan fingerprint density at radius 1 is 0.571 bits per heavy atom. The molecule has 0 saturated carbocycles. The minimum absolute atomic E-state index is 0.196. The minimum Gasteiger partial charge on any atom is -0.394 e. The molecule has 1 rings (SSSR count). The highest BCUT2D eigenvalue weighted by molar-refractivity contribution is 5.76. The second-order valence-electron chi connectivity index (χ2n) is 17.6. The van der Waals surface area contributed by atoms with Crippen LogP contribution in [0.1, 0.15) is 206 Å². The summed E-state index contributed by atoms with van der Waals surface area (Å²) >= 11 is 0. The van der Waals surface area contributed by atoms with Crippen molar-refractivity contribution in [2.24, 2.45) is 0 Å². The number of hydrogen-bond donors (Lipinski definition) is 6. The van der Waals surface area contributed by atoms with E-state index in [4.69, 9.17) is 9.47 Å². The van der Waals surface area contributed by atoms with Gasteiger partial charge < -0.3 is 40.3 Å². The van der Waals surface area contributed by atoms with Gasteiger partial charge in [0.05, 0.1) is 25.4 Å². The van der Waals surface area contributed by atoms with Crippen molar-refractivity contribution in [2.75, 3.05) is 13.2 Å². The predicted molar refractivity (Wildman–Crippen MR) is 262 cm³/mol. The maximum absolute atomic E-state index is 12.9. The summed E-state index contributed by atoms with van der Waals surface area (Å²) in [7, 11) is 0. The average Bonchev–Trinajstić information content (AvgIpc) is 3.28. The lowest BCUT2D eigenvalue weighted by Crippen LogP contribution is -2.60. The Morgan fingerprint density at radius 2 is 1.02 bits per heavy atom. The lowest BCUT2D eigenvalue weighted by Gasteiger charge is -2.40. The summed E-state index contributed by atoms with van der Waals surface area (Å²) in [5.74, 6) is -0.196. The van der Waals surface area contributed by atoms with Gasteiger partial charge in [0.15, 0.2) is 6.29 Å². The van der Waals surface area contributed by atoms with Crippen LogP contribution < -0.4 is 5.32 Å². The molecule has 1 saturated heterocycles. The lowest BCUT2D eigenvalue weighted by molar-refractivity contribution is -0.302. The fourth-order valence-corrected chi connectivity index (χ4v) is 7.73. The molecule has 9 heteroatoms. The third-order valence-corrected chi connectivity index (χ3v) is 11.8. The molecule has 0 aromatic heterocycles. The highest BCUT2D eigenvalue weighted by Crippen LogP contribution is 2.23. The quantitative estimate of drug-likeness (QED) is 0.0262. The first-order chi connectivity index (χ1) is 30.8. The van der Waals surface area contributed by atoms with Gasteiger partial charge in [-0.2, -0.15) is 0 Å². The molecule has 0 aromatic rings. The van der Waals surface area contributed by atoms with E-state index in [0.29, 0.717) is 6.42 Å². The molecule has 0 aliphatic carbocycles. The SMILES string of the molecule is C/C=C/CC/C=C/CC/C=C/C(O)C(COC1OC(CO)C(O)C(O)C1O)NC(=O)CCCCCCCCCCCCCCCCCC/C=C\C/C=C\C/C=C\CCCCCCC. The summed E-state index contributed by atoms with van der Waals surface area (Å²) in [6.07, 6.45) is 52.9. The smallest absolute Gasteiger partial charge is 0.220 e. The molecule has 1 heterocycles. The van der Waals surface area contributed by atoms with Gasteiger partial charge in [-0.05, 0) is 77.6 Å². The Kier molecular flexibility index (Phi) is 40.5. The molecule has 7 atom stereocenters. The van der Waals surface area contributed by atoms with Crippen molar-refractivity contribution >= 4 is 5.91 Å². The van der Waals surface area contributed by atoms with E-state index >= 15 is 0 Å². The van der Waals surface area contributed by atoms with E-state index in [2.05, 4.69) is 66.9 Å². The number of unbranched alkanes of at least 4 members (excludes halogenated alkanes) is 23. The molecule has 0 radical (unpaired) electrons. The van der Waals surface area contributed by atoms with Gasteiger partial charge in [-0.1, -0.05) is 195 Å². The van der Waals surface area contributed by atoms with E-state index in [-0.39, 0.29) is 12.5 Å². The number of amides is 1. The number of aliphatic hydroxyl groups is 5.